The minimum absolute atomic E-state index is 0.0201. The molecule has 1 aliphatic heterocycles. The molecule has 1 aromatic rings. The number of carbonyl (C=O) groups is 2. The van der Waals surface area contributed by atoms with Gasteiger partial charge in [-0.1, -0.05) is 6.92 Å². The predicted octanol–water partition coefficient (Wildman–Crippen LogP) is 1.91. The molecule has 4 atom stereocenters. The number of fused-ring (bicyclic) bond motifs is 3. The fraction of sp³-hybridized carbons (Fsp3) is 0.650. The lowest BCUT2D eigenvalue weighted by Gasteiger charge is -2.60. The van der Waals surface area contributed by atoms with Gasteiger partial charge in [0, 0.05) is 38.3 Å². The Bertz CT molecular complexity index is 754. The van der Waals surface area contributed by atoms with Crippen molar-refractivity contribution in [1.82, 2.24) is 15.6 Å². The molecule has 5 rings (SSSR count). The lowest BCUT2D eigenvalue weighted by atomic mass is 9.51. The maximum absolute atomic E-state index is 12.8. The van der Waals surface area contributed by atoms with Crippen LogP contribution in [0.25, 0.3) is 0 Å². The number of nitrogens with zero attached hydrogens (tertiary/aromatic N) is 1. The van der Waals surface area contributed by atoms with Crippen molar-refractivity contribution in [1.29, 1.82) is 0 Å². The van der Waals surface area contributed by atoms with Crippen molar-refractivity contribution in [2.75, 3.05) is 25.6 Å². The van der Waals surface area contributed by atoms with Crippen LogP contribution < -0.4 is 16.0 Å². The first-order valence-electron chi connectivity index (χ1n) is 9.80. The zero-order chi connectivity index (χ0) is 19.1. The summed E-state index contributed by atoms with van der Waals surface area (Å²) in [5.41, 5.74) is -0.0626. The maximum atomic E-state index is 12.8. The second-order valence-electron chi connectivity index (χ2n) is 8.44. The van der Waals surface area contributed by atoms with E-state index in [1.54, 1.807) is 25.4 Å². The summed E-state index contributed by atoms with van der Waals surface area (Å²) in [4.78, 5) is 29.9. The molecule has 3 aliphatic carbocycles. The number of ether oxygens (including phenoxy) is 1. The molecule has 2 heterocycles. The molecular weight excluding hydrogens is 344 g/mol. The lowest BCUT2D eigenvalue weighted by molar-refractivity contribution is -0.139. The van der Waals surface area contributed by atoms with E-state index in [1.807, 2.05) is 0 Å². The van der Waals surface area contributed by atoms with Crippen molar-refractivity contribution in [3.63, 3.8) is 0 Å². The zero-order valence-corrected chi connectivity index (χ0v) is 16.0. The number of anilines is 1. The number of aromatic nitrogens is 1. The fourth-order valence-electron chi connectivity index (χ4n) is 5.27. The minimum Gasteiger partial charge on any atom is -0.385 e. The van der Waals surface area contributed by atoms with Crippen LogP contribution in [0.2, 0.25) is 0 Å². The van der Waals surface area contributed by atoms with Crippen molar-refractivity contribution in [2.45, 2.75) is 44.7 Å². The Balaban J connectivity index is 1.51. The highest BCUT2D eigenvalue weighted by Crippen LogP contribution is 2.58. The summed E-state index contributed by atoms with van der Waals surface area (Å²) in [6, 6.07) is 3.56. The minimum atomic E-state index is -0.502. The van der Waals surface area contributed by atoms with E-state index in [9.17, 15) is 9.59 Å². The van der Waals surface area contributed by atoms with Crippen molar-refractivity contribution in [2.24, 2.45) is 17.3 Å². The average molecular weight is 372 g/mol. The van der Waals surface area contributed by atoms with E-state index in [1.165, 1.54) is 0 Å². The Morgan fingerprint density at radius 2 is 2.30 bits per heavy atom. The molecule has 7 heteroatoms. The Morgan fingerprint density at radius 1 is 1.44 bits per heavy atom. The first kappa shape index (κ1) is 18.2. The van der Waals surface area contributed by atoms with Crippen LogP contribution in [0.1, 0.15) is 49.4 Å². The highest BCUT2D eigenvalue weighted by atomic mass is 16.5. The first-order chi connectivity index (χ1) is 13.0. The smallest absolute Gasteiger partial charge is 0.256 e. The SMILES string of the molecule is COCCCNC(=O)[C@H]1C[C@H]2CC[C@]1(C)C[C@]21NC(=O)c2cccnc2N1. The molecule has 1 spiro atoms. The van der Waals surface area contributed by atoms with Crippen molar-refractivity contribution in [3.05, 3.63) is 23.9 Å². The Labute approximate surface area is 159 Å². The first-order valence-corrected chi connectivity index (χ1v) is 9.80. The number of amides is 2. The number of hydrogen-bond acceptors (Lipinski definition) is 5. The molecule has 0 aromatic carbocycles. The molecule has 146 valence electrons. The molecule has 27 heavy (non-hydrogen) atoms. The van der Waals surface area contributed by atoms with Crippen LogP contribution in [-0.2, 0) is 9.53 Å². The molecule has 2 amide bonds. The van der Waals surface area contributed by atoms with Gasteiger partial charge in [0.25, 0.3) is 5.91 Å². The van der Waals surface area contributed by atoms with Crippen LogP contribution >= 0.6 is 0 Å². The van der Waals surface area contributed by atoms with Gasteiger partial charge in [-0.05, 0) is 49.7 Å². The van der Waals surface area contributed by atoms with Gasteiger partial charge in [-0.3, -0.25) is 9.59 Å². The molecule has 0 saturated heterocycles. The van der Waals surface area contributed by atoms with Gasteiger partial charge in [0.05, 0.1) is 5.56 Å². The van der Waals surface area contributed by atoms with Gasteiger partial charge in [0.1, 0.15) is 11.5 Å². The Morgan fingerprint density at radius 3 is 3.07 bits per heavy atom. The average Bonchev–Trinajstić information content (AvgIpc) is 2.64. The largest absolute Gasteiger partial charge is 0.385 e. The molecule has 1 aromatic heterocycles. The summed E-state index contributed by atoms with van der Waals surface area (Å²) < 4.78 is 5.05. The monoisotopic (exact) mass is 372 g/mol. The fourth-order valence-corrected chi connectivity index (χ4v) is 5.27. The summed E-state index contributed by atoms with van der Waals surface area (Å²) in [6.07, 6.45) is 6.04. The van der Waals surface area contributed by atoms with Gasteiger partial charge >= 0.3 is 0 Å². The van der Waals surface area contributed by atoms with E-state index in [4.69, 9.17) is 4.74 Å². The molecular formula is C20H28N4O3. The van der Waals surface area contributed by atoms with E-state index < -0.39 is 5.66 Å². The van der Waals surface area contributed by atoms with Crippen molar-refractivity contribution >= 4 is 17.6 Å². The van der Waals surface area contributed by atoms with Crippen LogP contribution in [0.15, 0.2) is 18.3 Å². The van der Waals surface area contributed by atoms with Crippen molar-refractivity contribution < 1.29 is 14.3 Å². The third kappa shape index (κ3) is 3.08. The van der Waals surface area contributed by atoms with Crippen LogP contribution in [0.4, 0.5) is 5.82 Å². The van der Waals surface area contributed by atoms with Gasteiger partial charge in [0.2, 0.25) is 5.91 Å². The quantitative estimate of drug-likeness (QED) is 0.687. The Kier molecular flexibility index (Phi) is 4.58. The molecule has 3 saturated carbocycles. The van der Waals surface area contributed by atoms with Crippen LogP contribution in [0, 0.1) is 17.3 Å². The number of pyridine rings is 1. The summed E-state index contributed by atoms with van der Waals surface area (Å²) >= 11 is 0. The number of rotatable bonds is 5. The van der Waals surface area contributed by atoms with Crippen LogP contribution in [0.5, 0.6) is 0 Å². The summed E-state index contributed by atoms with van der Waals surface area (Å²) in [5, 5.41) is 9.83. The highest BCUT2D eigenvalue weighted by molar-refractivity contribution is 6.01. The van der Waals surface area contributed by atoms with Gasteiger partial charge in [-0.25, -0.2) is 4.98 Å². The Hall–Kier alpha value is -2.15. The molecule has 0 radical (unpaired) electrons. The van der Waals surface area contributed by atoms with Crippen molar-refractivity contribution in [3.8, 4) is 0 Å². The molecule has 3 N–H and O–H groups in total. The van der Waals surface area contributed by atoms with E-state index in [0.717, 1.165) is 32.1 Å². The topological polar surface area (TPSA) is 92.4 Å². The lowest BCUT2D eigenvalue weighted by Crippen LogP contribution is -2.70. The summed E-state index contributed by atoms with van der Waals surface area (Å²) in [7, 11) is 1.67. The summed E-state index contributed by atoms with van der Waals surface area (Å²) in [5.74, 6) is 0.904. The van der Waals surface area contributed by atoms with Gasteiger partial charge in [-0.15, -0.1) is 0 Å². The molecule has 0 unspecified atom stereocenters. The van der Waals surface area contributed by atoms with Crippen LogP contribution in [-0.4, -0.2) is 42.7 Å². The van der Waals surface area contributed by atoms with E-state index in [-0.39, 0.29) is 29.1 Å². The van der Waals surface area contributed by atoms with Gasteiger partial charge in [0.15, 0.2) is 0 Å². The standard InChI is InChI=1S/C20H28N4O3/c1-19-7-6-13(11-15(19)18(26)22-9-4-10-27-2)20(12-19)23-16-14(17(25)24-20)5-3-8-21-16/h3,5,8,13,15H,4,6-7,9-12H2,1-2H3,(H,21,23)(H,22,26)(H,24,25)/t13-,15-,19-,20+/m1/s1. The maximum Gasteiger partial charge on any atom is 0.256 e. The highest BCUT2D eigenvalue weighted by Gasteiger charge is 2.60. The van der Waals surface area contributed by atoms with Crippen LogP contribution in [0.3, 0.4) is 0 Å². The number of nitrogens with one attached hydrogen (secondary N) is 3. The third-order valence-electron chi connectivity index (χ3n) is 6.68. The molecule has 3 fully saturated rings. The molecule has 4 aliphatic rings. The second kappa shape index (κ2) is 6.78. The normalized spacial score (nSPS) is 33.9. The summed E-state index contributed by atoms with van der Waals surface area (Å²) in [6.45, 7) is 3.48. The molecule has 2 bridgehead atoms. The third-order valence-corrected chi connectivity index (χ3v) is 6.68. The van der Waals surface area contributed by atoms with Gasteiger partial charge < -0.3 is 20.7 Å². The van der Waals surface area contributed by atoms with E-state index in [0.29, 0.717) is 24.5 Å². The number of methoxy groups -OCH3 is 1. The second-order valence-corrected chi connectivity index (χ2v) is 8.44. The number of carbonyl (C=O) groups excluding carboxylic acids is 2. The number of hydrogen-bond donors (Lipinski definition) is 3. The van der Waals surface area contributed by atoms with Gasteiger partial charge in [-0.2, -0.15) is 0 Å². The van der Waals surface area contributed by atoms with E-state index >= 15 is 0 Å². The zero-order valence-electron chi connectivity index (χ0n) is 16.0. The molecule has 7 nitrogen and oxygen atoms in total. The predicted molar refractivity (Wildman–Crippen MR) is 101 cm³/mol. The van der Waals surface area contributed by atoms with E-state index in [2.05, 4.69) is 27.9 Å².